The normalized spacial score (nSPS) is 23.5. The van der Waals surface area contributed by atoms with Crippen LogP contribution in [0.5, 0.6) is 0 Å². The zero-order chi connectivity index (χ0) is 23.4. The van der Waals surface area contributed by atoms with Gasteiger partial charge in [-0.05, 0) is 49.2 Å². The second kappa shape index (κ2) is 14.5. The Balaban J connectivity index is 2.59. The van der Waals surface area contributed by atoms with Gasteiger partial charge >= 0.3 is 0 Å². The van der Waals surface area contributed by atoms with E-state index in [1.807, 2.05) is 0 Å². The minimum absolute atomic E-state index is 0.195. The van der Waals surface area contributed by atoms with Crippen molar-refractivity contribution in [3.05, 3.63) is 36.0 Å². The van der Waals surface area contributed by atoms with Crippen LogP contribution in [0.25, 0.3) is 0 Å². The van der Waals surface area contributed by atoms with Gasteiger partial charge in [0.2, 0.25) is 8.32 Å². The van der Waals surface area contributed by atoms with Crippen molar-refractivity contribution in [2.24, 2.45) is 5.92 Å². The molecule has 1 fully saturated rings. The molecule has 0 aromatic rings. The maximum atomic E-state index is 10.7. The average Bonchev–Trinajstić information content (AvgIpc) is 3.04. The van der Waals surface area contributed by atoms with Gasteiger partial charge in [0.25, 0.3) is 0 Å². The molecule has 0 spiro atoms. The molecule has 0 amide bonds. The summed E-state index contributed by atoms with van der Waals surface area (Å²) in [6.45, 7) is 18.4. The summed E-state index contributed by atoms with van der Waals surface area (Å²) in [4.78, 5) is 0. The van der Waals surface area contributed by atoms with E-state index < -0.39 is 8.32 Å². The second-order valence-electron chi connectivity index (χ2n) is 10.7. The minimum Gasteiger partial charge on any atom is -0.413 e. The first kappa shape index (κ1) is 28.4. The van der Waals surface area contributed by atoms with Crippen LogP contribution < -0.4 is 0 Å². The lowest BCUT2D eigenvalue weighted by Gasteiger charge is -2.44. The lowest BCUT2D eigenvalue weighted by Crippen LogP contribution is -2.49. The highest BCUT2D eigenvalue weighted by atomic mass is 28.4. The predicted molar refractivity (Wildman–Crippen MR) is 140 cm³/mol. The van der Waals surface area contributed by atoms with Crippen LogP contribution in [-0.2, 0) is 4.43 Å². The summed E-state index contributed by atoms with van der Waals surface area (Å²) in [5, 5.41) is 10.7. The molecule has 1 rings (SSSR count). The molecule has 180 valence electrons. The first-order chi connectivity index (χ1) is 14.6. The summed E-state index contributed by atoms with van der Waals surface area (Å²) >= 11 is 0. The average molecular weight is 449 g/mol. The largest absolute Gasteiger partial charge is 0.413 e. The maximum absolute atomic E-state index is 10.7. The molecule has 0 aromatic carbocycles. The SMILES string of the molecule is CCCCCCC/C=C/C=C(C)/C=C/[C@H]1C[C@H](O[Si](C(C)C)(C(C)C)C(C)C)C[C@@H]1O. The van der Waals surface area contributed by atoms with Crippen molar-refractivity contribution in [3.8, 4) is 0 Å². The Morgan fingerprint density at radius 1 is 0.968 bits per heavy atom. The van der Waals surface area contributed by atoms with E-state index in [2.05, 4.69) is 85.8 Å². The van der Waals surface area contributed by atoms with Crippen molar-refractivity contribution >= 4 is 8.32 Å². The van der Waals surface area contributed by atoms with E-state index in [9.17, 15) is 5.11 Å². The molecule has 2 nitrogen and oxygen atoms in total. The molecule has 0 aliphatic heterocycles. The standard InChI is InChI=1S/C28H52O2Si/c1-9-10-11-12-13-14-15-16-17-25(8)18-19-26-20-27(21-28(26)29)30-31(22(2)3,23(4)5)24(6)7/h15-19,22-24,26-29H,9-14,20-21H2,1-8H3/b16-15+,19-18+,25-17+/t26-,27-,28-/m0/s1. The summed E-state index contributed by atoms with van der Waals surface area (Å²) in [6, 6.07) is 0. The zero-order valence-corrected chi connectivity index (χ0v) is 22.9. The Morgan fingerprint density at radius 3 is 2.16 bits per heavy atom. The Hall–Kier alpha value is -0.643. The molecule has 0 unspecified atom stereocenters. The van der Waals surface area contributed by atoms with Crippen LogP contribution in [0.3, 0.4) is 0 Å². The van der Waals surface area contributed by atoms with Gasteiger partial charge in [-0.25, -0.2) is 0 Å². The topological polar surface area (TPSA) is 29.5 Å². The van der Waals surface area contributed by atoms with Crippen molar-refractivity contribution in [1.29, 1.82) is 0 Å². The third-order valence-corrected chi connectivity index (χ3v) is 13.3. The molecule has 1 aliphatic carbocycles. The molecule has 3 heteroatoms. The fourth-order valence-corrected chi connectivity index (χ4v) is 11.1. The van der Waals surface area contributed by atoms with E-state index in [1.165, 1.54) is 44.1 Å². The Labute approximate surface area is 195 Å². The molecular formula is C28H52O2Si. The van der Waals surface area contributed by atoms with Crippen molar-refractivity contribution < 1.29 is 9.53 Å². The summed E-state index contributed by atoms with van der Waals surface area (Å²) in [5.41, 5.74) is 3.00. The first-order valence-electron chi connectivity index (χ1n) is 13.0. The Bertz CT molecular complexity index is 552. The van der Waals surface area contributed by atoms with Crippen molar-refractivity contribution in [3.63, 3.8) is 0 Å². The predicted octanol–water partition coefficient (Wildman–Crippen LogP) is 8.74. The van der Waals surface area contributed by atoms with Crippen LogP contribution in [-0.4, -0.2) is 25.6 Å². The number of allylic oxidation sites excluding steroid dienone is 5. The van der Waals surface area contributed by atoms with Gasteiger partial charge in [0.05, 0.1) is 6.10 Å². The first-order valence-corrected chi connectivity index (χ1v) is 15.2. The molecular weight excluding hydrogens is 396 g/mol. The van der Waals surface area contributed by atoms with E-state index >= 15 is 0 Å². The van der Waals surface area contributed by atoms with Gasteiger partial charge in [0, 0.05) is 12.0 Å². The fourth-order valence-electron chi connectivity index (χ4n) is 5.51. The Kier molecular flexibility index (Phi) is 13.3. The highest BCUT2D eigenvalue weighted by Gasteiger charge is 2.48. The number of rotatable bonds is 14. The molecule has 1 saturated carbocycles. The Morgan fingerprint density at radius 2 is 1.58 bits per heavy atom. The van der Waals surface area contributed by atoms with Crippen LogP contribution in [0.1, 0.15) is 107 Å². The van der Waals surface area contributed by atoms with Gasteiger partial charge < -0.3 is 9.53 Å². The summed E-state index contributed by atoms with van der Waals surface area (Å²) < 4.78 is 6.94. The third kappa shape index (κ3) is 9.02. The summed E-state index contributed by atoms with van der Waals surface area (Å²) in [6.07, 6.45) is 20.5. The minimum atomic E-state index is -1.89. The van der Waals surface area contributed by atoms with Crippen LogP contribution in [0.4, 0.5) is 0 Å². The number of hydrogen-bond acceptors (Lipinski definition) is 2. The molecule has 0 saturated heterocycles. The number of aliphatic hydroxyl groups is 1. The van der Waals surface area contributed by atoms with Crippen molar-refractivity contribution in [2.75, 3.05) is 0 Å². The molecule has 1 N–H and O–H groups in total. The van der Waals surface area contributed by atoms with Crippen molar-refractivity contribution in [1.82, 2.24) is 0 Å². The van der Waals surface area contributed by atoms with Gasteiger partial charge in [-0.2, -0.15) is 0 Å². The molecule has 31 heavy (non-hydrogen) atoms. The summed E-state index contributed by atoms with van der Waals surface area (Å²) in [5.74, 6) is 0.203. The van der Waals surface area contributed by atoms with Gasteiger partial charge in [0.1, 0.15) is 0 Å². The highest BCUT2D eigenvalue weighted by molar-refractivity contribution is 6.77. The second-order valence-corrected chi connectivity index (χ2v) is 16.1. The van der Waals surface area contributed by atoms with E-state index in [4.69, 9.17) is 4.43 Å². The van der Waals surface area contributed by atoms with E-state index in [0.717, 1.165) is 12.8 Å². The number of aliphatic hydroxyl groups excluding tert-OH is 1. The quantitative estimate of drug-likeness (QED) is 0.163. The lowest BCUT2D eigenvalue weighted by molar-refractivity contribution is 0.129. The van der Waals surface area contributed by atoms with Crippen LogP contribution in [0.2, 0.25) is 16.6 Å². The number of hydrogen-bond donors (Lipinski definition) is 1. The van der Waals surface area contributed by atoms with Gasteiger partial charge in [-0.1, -0.05) is 110 Å². The fraction of sp³-hybridized carbons (Fsp3) is 0.786. The molecule has 0 heterocycles. The highest BCUT2D eigenvalue weighted by Crippen LogP contribution is 2.45. The monoisotopic (exact) mass is 448 g/mol. The summed E-state index contributed by atoms with van der Waals surface area (Å²) in [7, 11) is -1.89. The van der Waals surface area contributed by atoms with Crippen LogP contribution >= 0.6 is 0 Å². The number of unbranched alkanes of at least 4 members (excludes halogenated alkanes) is 5. The lowest BCUT2D eigenvalue weighted by atomic mass is 10.0. The molecule has 1 aliphatic rings. The van der Waals surface area contributed by atoms with E-state index in [-0.39, 0.29) is 18.1 Å². The zero-order valence-electron chi connectivity index (χ0n) is 21.9. The smallest absolute Gasteiger partial charge is 0.200 e. The van der Waals surface area contributed by atoms with E-state index in [1.54, 1.807) is 0 Å². The molecule has 3 atom stereocenters. The molecule has 0 radical (unpaired) electrons. The van der Waals surface area contributed by atoms with Gasteiger partial charge in [-0.15, -0.1) is 0 Å². The third-order valence-electron chi connectivity index (χ3n) is 7.19. The van der Waals surface area contributed by atoms with Crippen molar-refractivity contribution in [2.45, 2.75) is 136 Å². The maximum Gasteiger partial charge on any atom is 0.200 e. The van der Waals surface area contributed by atoms with Gasteiger partial charge in [0.15, 0.2) is 0 Å². The van der Waals surface area contributed by atoms with Crippen LogP contribution in [0.15, 0.2) is 36.0 Å². The molecule has 0 bridgehead atoms. The molecule has 0 aromatic heterocycles. The van der Waals surface area contributed by atoms with Gasteiger partial charge in [-0.3, -0.25) is 0 Å². The van der Waals surface area contributed by atoms with E-state index in [0.29, 0.717) is 16.6 Å². The van der Waals surface area contributed by atoms with Crippen LogP contribution in [0, 0.1) is 5.92 Å².